The van der Waals surface area contributed by atoms with Gasteiger partial charge in [-0.05, 0) is 37.5 Å². The summed E-state index contributed by atoms with van der Waals surface area (Å²) >= 11 is 0. The molecule has 1 aliphatic heterocycles. The number of morpholine rings is 1. The van der Waals surface area contributed by atoms with E-state index in [4.69, 9.17) is 9.47 Å². The fraction of sp³-hybridized carbons (Fsp3) is 0.588. The number of benzene rings is 1. The van der Waals surface area contributed by atoms with Crippen molar-refractivity contribution >= 4 is 5.91 Å². The fourth-order valence-corrected chi connectivity index (χ4v) is 2.58. The fourth-order valence-electron chi connectivity index (χ4n) is 2.58. The summed E-state index contributed by atoms with van der Waals surface area (Å²) in [6, 6.07) is 7.94. The molecular weight excluding hydrogens is 266 g/mol. The number of hydrogen-bond acceptors (Lipinski definition) is 3. The summed E-state index contributed by atoms with van der Waals surface area (Å²) in [4.78, 5) is 14.1. The molecule has 1 fully saturated rings. The average Bonchev–Trinajstić information content (AvgIpc) is 2.44. The molecule has 0 bridgehead atoms. The Morgan fingerprint density at radius 2 is 2.00 bits per heavy atom. The van der Waals surface area contributed by atoms with E-state index in [-0.39, 0.29) is 24.7 Å². The zero-order valence-corrected chi connectivity index (χ0v) is 13.3. The zero-order chi connectivity index (χ0) is 15.4. The summed E-state index contributed by atoms with van der Waals surface area (Å²) in [5.74, 6) is 1.22. The van der Waals surface area contributed by atoms with Gasteiger partial charge in [-0.25, -0.2) is 0 Å². The number of hydrogen-bond donors (Lipinski definition) is 0. The highest BCUT2D eigenvalue weighted by atomic mass is 16.5. The normalized spacial score (nSPS) is 22.4. The standard InChI is InChI=1S/C17H25NO3/c1-12(2)15-6-5-7-16(8-15)20-11-17(19)18-9-13(3)21-14(4)10-18/h5-8,12-14H,9-11H2,1-4H3. The molecule has 2 rings (SSSR count). The van der Waals surface area contributed by atoms with Crippen LogP contribution in [-0.2, 0) is 9.53 Å². The van der Waals surface area contributed by atoms with Gasteiger partial charge in [-0.15, -0.1) is 0 Å². The van der Waals surface area contributed by atoms with E-state index in [1.807, 2.05) is 36.9 Å². The van der Waals surface area contributed by atoms with Gasteiger partial charge in [0.2, 0.25) is 0 Å². The van der Waals surface area contributed by atoms with Crippen molar-refractivity contribution in [2.75, 3.05) is 19.7 Å². The van der Waals surface area contributed by atoms with Crippen LogP contribution in [0.1, 0.15) is 39.2 Å². The lowest BCUT2D eigenvalue weighted by Gasteiger charge is -2.35. The first kappa shape index (κ1) is 15.8. The van der Waals surface area contributed by atoms with Crippen molar-refractivity contribution < 1.29 is 14.3 Å². The van der Waals surface area contributed by atoms with Crippen LogP contribution >= 0.6 is 0 Å². The van der Waals surface area contributed by atoms with Crippen LogP contribution in [0, 0.1) is 0 Å². The van der Waals surface area contributed by atoms with Gasteiger partial charge in [-0.2, -0.15) is 0 Å². The molecule has 1 aromatic carbocycles. The Labute approximate surface area is 127 Å². The maximum atomic E-state index is 12.2. The predicted molar refractivity (Wildman–Crippen MR) is 82.6 cm³/mol. The highest BCUT2D eigenvalue weighted by Crippen LogP contribution is 2.20. The third-order valence-corrected chi connectivity index (χ3v) is 3.66. The molecule has 0 N–H and O–H groups in total. The van der Waals surface area contributed by atoms with Crippen molar-refractivity contribution in [3.8, 4) is 5.75 Å². The quantitative estimate of drug-likeness (QED) is 0.856. The molecule has 2 atom stereocenters. The summed E-state index contributed by atoms with van der Waals surface area (Å²) in [5, 5.41) is 0. The van der Waals surface area contributed by atoms with Crippen LogP contribution in [0.3, 0.4) is 0 Å². The van der Waals surface area contributed by atoms with Crippen molar-refractivity contribution in [1.82, 2.24) is 4.90 Å². The van der Waals surface area contributed by atoms with Crippen LogP contribution in [0.2, 0.25) is 0 Å². The van der Waals surface area contributed by atoms with E-state index in [9.17, 15) is 4.79 Å². The Hall–Kier alpha value is -1.55. The second-order valence-corrected chi connectivity index (χ2v) is 6.07. The van der Waals surface area contributed by atoms with Crippen molar-refractivity contribution in [3.63, 3.8) is 0 Å². The summed E-state index contributed by atoms with van der Waals surface area (Å²) in [6.07, 6.45) is 0.170. The van der Waals surface area contributed by atoms with Gasteiger partial charge in [0.1, 0.15) is 5.75 Å². The summed E-state index contributed by atoms with van der Waals surface area (Å²) in [7, 11) is 0. The van der Waals surface area contributed by atoms with E-state index < -0.39 is 0 Å². The molecule has 21 heavy (non-hydrogen) atoms. The number of amides is 1. The van der Waals surface area contributed by atoms with E-state index in [1.54, 1.807) is 0 Å². The van der Waals surface area contributed by atoms with Crippen LogP contribution in [0.15, 0.2) is 24.3 Å². The molecule has 1 saturated heterocycles. The van der Waals surface area contributed by atoms with Crippen molar-refractivity contribution in [3.05, 3.63) is 29.8 Å². The molecule has 0 saturated carbocycles. The topological polar surface area (TPSA) is 38.8 Å². The van der Waals surface area contributed by atoms with Crippen LogP contribution in [0.5, 0.6) is 5.75 Å². The van der Waals surface area contributed by atoms with Crippen molar-refractivity contribution in [2.24, 2.45) is 0 Å². The minimum atomic E-state index is 0.0203. The molecule has 0 aromatic heterocycles. The Morgan fingerprint density at radius 3 is 2.62 bits per heavy atom. The molecule has 4 nitrogen and oxygen atoms in total. The Balaban J connectivity index is 1.90. The molecule has 1 heterocycles. The lowest BCUT2D eigenvalue weighted by atomic mass is 10.0. The van der Waals surface area contributed by atoms with Crippen molar-refractivity contribution in [1.29, 1.82) is 0 Å². The van der Waals surface area contributed by atoms with E-state index in [2.05, 4.69) is 19.9 Å². The molecule has 0 spiro atoms. The lowest BCUT2D eigenvalue weighted by Crippen LogP contribution is -2.49. The first-order chi connectivity index (χ1) is 9.95. The maximum absolute atomic E-state index is 12.2. The second kappa shape index (κ2) is 6.94. The Bertz CT molecular complexity index is 477. The molecule has 0 radical (unpaired) electrons. The number of carbonyl (C=O) groups excluding carboxylic acids is 1. The molecular formula is C17H25NO3. The SMILES string of the molecule is CC1CN(C(=O)COc2cccc(C(C)C)c2)CC(C)O1. The van der Waals surface area contributed by atoms with E-state index in [0.29, 0.717) is 19.0 Å². The Kier molecular flexibility index (Phi) is 5.23. The monoisotopic (exact) mass is 291 g/mol. The largest absolute Gasteiger partial charge is 0.484 e. The smallest absolute Gasteiger partial charge is 0.260 e. The lowest BCUT2D eigenvalue weighted by molar-refractivity contribution is -0.145. The van der Waals surface area contributed by atoms with Crippen LogP contribution < -0.4 is 4.74 Å². The summed E-state index contributed by atoms with van der Waals surface area (Å²) in [5.41, 5.74) is 1.22. The van der Waals surface area contributed by atoms with E-state index >= 15 is 0 Å². The van der Waals surface area contributed by atoms with Gasteiger partial charge in [0.15, 0.2) is 6.61 Å². The third-order valence-electron chi connectivity index (χ3n) is 3.66. The zero-order valence-electron chi connectivity index (χ0n) is 13.3. The van der Waals surface area contributed by atoms with E-state index in [0.717, 1.165) is 5.75 Å². The molecule has 1 amide bonds. The van der Waals surface area contributed by atoms with Gasteiger partial charge < -0.3 is 14.4 Å². The molecule has 1 aliphatic rings. The van der Waals surface area contributed by atoms with Gasteiger partial charge in [0, 0.05) is 13.1 Å². The van der Waals surface area contributed by atoms with Gasteiger partial charge in [0.05, 0.1) is 12.2 Å². The van der Waals surface area contributed by atoms with Gasteiger partial charge in [-0.1, -0.05) is 26.0 Å². The predicted octanol–water partition coefficient (Wildman–Crippen LogP) is 2.82. The third kappa shape index (κ3) is 4.46. The maximum Gasteiger partial charge on any atom is 0.260 e. The van der Waals surface area contributed by atoms with Crippen molar-refractivity contribution in [2.45, 2.75) is 45.8 Å². The number of ether oxygens (including phenoxy) is 2. The van der Waals surface area contributed by atoms with Crippen LogP contribution in [0.4, 0.5) is 0 Å². The highest BCUT2D eigenvalue weighted by molar-refractivity contribution is 5.78. The molecule has 4 heteroatoms. The molecule has 2 unspecified atom stereocenters. The molecule has 1 aromatic rings. The van der Waals surface area contributed by atoms with Gasteiger partial charge >= 0.3 is 0 Å². The Morgan fingerprint density at radius 1 is 1.33 bits per heavy atom. The molecule has 0 aliphatic carbocycles. The number of carbonyl (C=O) groups is 1. The highest BCUT2D eigenvalue weighted by Gasteiger charge is 2.25. The van der Waals surface area contributed by atoms with Gasteiger partial charge in [-0.3, -0.25) is 4.79 Å². The molecule has 116 valence electrons. The van der Waals surface area contributed by atoms with Crippen LogP contribution in [-0.4, -0.2) is 42.7 Å². The van der Waals surface area contributed by atoms with Gasteiger partial charge in [0.25, 0.3) is 5.91 Å². The minimum absolute atomic E-state index is 0.0203. The first-order valence-electron chi connectivity index (χ1n) is 7.61. The number of rotatable bonds is 4. The number of nitrogens with zero attached hydrogens (tertiary/aromatic N) is 1. The average molecular weight is 291 g/mol. The second-order valence-electron chi connectivity index (χ2n) is 6.07. The first-order valence-corrected chi connectivity index (χ1v) is 7.61. The summed E-state index contributed by atoms with van der Waals surface area (Å²) in [6.45, 7) is 9.62. The minimum Gasteiger partial charge on any atom is -0.484 e. The van der Waals surface area contributed by atoms with Crippen LogP contribution in [0.25, 0.3) is 0 Å². The summed E-state index contributed by atoms with van der Waals surface area (Å²) < 4.78 is 11.3. The van der Waals surface area contributed by atoms with E-state index in [1.165, 1.54) is 5.56 Å².